The molecular formula is C13H24O2. The van der Waals surface area contributed by atoms with Crippen LogP contribution < -0.4 is 0 Å². The number of allylic oxidation sites excluding steroid dienone is 2. The van der Waals surface area contributed by atoms with Gasteiger partial charge in [0.2, 0.25) is 0 Å². The number of rotatable bonds is 8. The summed E-state index contributed by atoms with van der Waals surface area (Å²) in [5.41, 5.74) is 0. The number of ether oxygens (including phenoxy) is 1. The van der Waals surface area contributed by atoms with Crippen LogP contribution in [0.4, 0.5) is 0 Å². The predicted molar refractivity (Wildman–Crippen MR) is 63.7 cm³/mol. The van der Waals surface area contributed by atoms with Gasteiger partial charge in [0, 0.05) is 6.42 Å². The van der Waals surface area contributed by atoms with E-state index in [0.717, 1.165) is 25.7 Å². The van der Waals surface area contributed by atoms with E-state index in [0.29, 0.717) is 6.42 Å². The second-order valence-corrected chi connectivity index (χ2v) is 3.71. The van der Waals surface area contributed by atoms with Crippen LogP contribution in [0.2, 0.25) is 0 Å². The minimum atomic E-state index is -0.0839. The van der Waals surface area contributed by atoms with Gasteiger partial charge in [-0.05, 0) is 25.7 Å². The van der Waals surface area contributed by atoms with Crippen molar-refractivity contribution in [2.24, 2.45) is 0 Å². The summed E-state index contributed by atoms with van der Waals surface area (Å²) in [5.74, 6) is -0.0839. The predicted octanol–water partition coefficient (Wildman–Crippen LogP) is 3.85. The molecule has 0 saturated heterocycles. The molecule has 0 radical (unpaired) electrons. The lowest BCUT2D eigenvalue weighted by molar-refractivity contribution is -0.149. The fourth-order valence-electron chi connectivity index (χ4n) is 1.30. The molecule has 0 fully saturated rings. The summed E-state index contributed by atoms with van der Waals surface area (Å²) in [6, 6.07) is 0. The van der Waals surface area contributed by atoms with E-state index in [1.807, 2.05) is 6.92 Å². The van der Waals surface area contributed by atoms with E-state index >= 15 is 0 Å². The second kappa shape index (κ2) is 9.75. The fraction of sp³-hybridized carbons (Fsp3) is 0.769. The van der Waals surface area contributed by atoms with Crippen molar-refractivity contribution in [3.05, 3.63) is 12.2 Å². The molecule has 0 aromatic heterocycles. The summed E-state index contributed by atoms with van der Waals surface area (Å²) < 4.78 is 5.28. The lowest BCUT2D eigenvalue weighted by Crippen LogP contribution is -2.16. The number of hydrogen-bond donors (Lipinski definition) is 0. The van der Waals surface area contributed by atoms with Crippen molar-refractivity contribution < 1.29 is 9.53 Å². The molecule has 0 spiro atoms. The highest BCUT2D eigenvalue weighted by Crippen LogP contribution is 2.08. The van der Waals surface area contributed by atoms with Crippen molar-refractivity contribution in [1.29, 1.82) is 0 Å². The van der Waals surface area contributed by atoms with E-state index in [2.05, 4.69) is 26.0 Å². The van der Waals surface area contributed by atoms with Crippen LogP contribution in [0, 0.1) is 0 Å². The first-order valence-electron chi connectivity index (χ1n) is 6.09. The van der Waals surface area contributed by atoms with Gasteiger partial charge in [0.15, 0.2) is 0 Å². The minimum Gasteiger partial charge on any atom is -0.462 e. The lowest BCUT2D eigenvalue weighted by atomic mass is 10.1. The number of unbranched alkanes of at least 4 members (excludes halogenated alkanes) is 1. The summed E-state index contributed by atoms with van der Waals surface area (Å²) in [4.78, 5) is 11.1. The van der Waals surface area contributed by atoms with E-state index in [4.69, 9.17) is 4.74 Å². The molecular weight excluding hydrogens is 188 g/mol. The van der Waals surface area contributed by atoms with Gasteiger partial charge in [-0.1, -0.05) is 39.3 Å². The third-order valence-electron chi connectivity index (χ3n) is 2.32. The Morgan fingerprint density at radius 3 is 2.40 bits per heavy atom. The van der Waals surface area contributed by atoms with E-state index in [1.165, 1.54) is 6.42 Å². The normalized spacial score (nSPS) is 13.0. The number of carbonyl (C=O) groups is 1. The maximum absolute atomic E-state index is 11.1. The van der Waals surface area contributed by atoms with E-state index in [-0.39, 0.29) is 12.1 Å². The van der Waals surface area contributed by atoms with E-state index in [1.54, 1.807) is 0 Å². The highest BCUT2D eigenvalue weighted by molar-refractivity contribution is 5.69. The molecule has 1 atom stereocenters. The quantitative estimate of drug-likeness (QED) is 0.451. The van der Waals surface area contributed by atoms with Crippen LogP contribution in [0.25, 0.3) is 0 Å². The zero-order valence-corrected chi connectivity index (χ0v) is 10.3. The second-order valence-electron chi connectivity index (χ2n) is 3.71. The smallest absolute Gasteiger partial charge is 0.305 e. The SMILES string of the molecule is CCC/C=C/CCC(CC)OC(=O)CC. The molecule has 0 aromatic rings. The summed E-state index contributed by atoms with van der Waals surface area (Å²) in [6.45, 7) is 6.06. The summed E-state index contributed by atoms with van der Waals surface area (Å²) in [6.07, 6.45) is 10.2. The number of esters is 1. The van der Waals surface area contributed by atoms with Crippen molar-refractivity contribution >= 4 is 5.97 Å². The molecule has 0 aliphatic carbocycles. The molecule has 1 unspecified atom stereocenters. The van der Waals surface area contributed by atoms with E-state index in [9.17, 15) is 4.79 Å². The van der Waals surface area contributed by atoms with Crippen LogP contribution in [-0.2, 0) is 9.53 Å². The molecule has 2 nitrogen and oxygen atoms in total. The monoisotopic (exact) mass is 212 g/mol. The molecule has 15 heavy (non-hydrogen) atoms. The molecule has 0 saturated carbocycles. The molecule has 88 valence electrons. The Morgan fingerprint density at radius 1 is 1.20 bits per heavy atom. The minimum absolute atomic E-state index is 0.0839. The number of hydrogen-bond acceptors (Lipinski definition) is 2. The summed E-state index contributed by atoms with van der Waals surface area (Å²) in [7, 11) is 0. The van der Waals surface area contributed by atoms with Crippen molar-refractivity contribution in [3.8, 4) is 0 Å². The largest absolute Gasteiger partial charge is 0.462 e. The van der Waals surface area contributed by atoms with Gasteiger partial charge in [0.25, 0.3) is 0 Å². The van der Waals surface area contributed by atoms with Gasteiger partial charge in [-0.3, -0.25) is 4.79 Å². The molecule has 0 rings (SSSR count). The van der Waals surface area contributed by atoms with Gasteiger partial charge in [-0.2, -0.15) is 0 Å². The zero-order valence-electron chi connectivity index (χ0n) is 10.3. The molecule has 2 heteroatoms. The third kappa shape index (κ3) is 8.22. The Kier molecular flexibility index (Phi) is 9.24. The molecule has 0 bridgehead atoms. The fourth-order valence-corrected chi connectivity index (χ4v) is 1.30. The summed E-state index contributed by atoms with van der Waals surface area (Å²) >= 11 is 0. The standard InChI is InChI=1S/C13H24O2/c1-4-7-8-9-10-11-12(5-2)15-13(14)6-3/h8-9,12H,4-7,10-11H2,1-3H3/b9-8+. The van der Waals surface area contributed by atoms with Crippen LogP contribution >= 0.6 is 0 Å². The zero-order chi connectivity index (χ0) is 11.5. The Balaban J connectivity index is 3.65. The Hall–Kier alpha value is -0.790. The van der Waals surface area contributed by atoms with Gasteiger partial charge in [-0.25, -0.2) is 0 Å². The molecule has 0 amide bonds. The van der Waals surface area contributed by atoms with E-state index < -0.39 is 0 Å². The first-order valence-corrected chi connectivity index (χ1v) is 6.09. The van der Waals surface area contributed by atoms with Gasteiger partial charge >= 0.3 is 5.97 Å². The first kappa shape index (κ1) is 14.2. The molecule has 0 aromatic carbocycles. The highest BCUT2D eigenvalue weighted by Gasteiger charge is 2.09. The van der Waals surface area contributed by atoms with Crippen molar-refractivity contribution in [1.82, 2.24) is 0 Å². The Bertz CT molecular complexity index is 185. The molecule has 0 N–H and O–H groups in total. The highest BCUT2D eigenvalue weighted by atomic mass is 16.5. The van der Waals surface area contributed by atoms with Crippen LogP contribution in [0.3, 0.4) is 0 Å². The van der Waals surface area contributed by atoms with Crippen molar-refractivity contribution in [2.75, 3.05) is 0 Å². The Morgan fingerprint density at radius 2 is 1.87 bits per heavy atom. The van der Waals surface area contributed by atoms with Crippen LogP contribution in [0.15, 0.2) is 12.2 Å². The van der Waals surface area contributed by atoms with Gasteiger partial charge in [0.1, 0.15) is 6.10 Å². The van der Waals surface area contributed by atoms with Gasteiger partial charge < -0.3 is 4.74 Å². The van der Waals surface area contributed by atoms with Crippen molar-refractivity contribution in [2.45, 2.75) is 65.4 Å². The topological polar surface area (TPSA) is 26.3 Å². The van der Waals surface area contributed by atoms with Crippen LogP contribution in [-0.4, -0.2) is 12.1 Å². The molecule has 0 aliphatic heterocycles. The summed E-state index contributed by atoms with van der Waals surface area (Å²) in [5, 5.41) is 0. The number of carbonyl (C=O) groups excluding carboxylic acids is 1. The maximum atomic E-state index is 11.1. The van der Waals surface area contributed by atoms with Crippen LogP contribution in [0.5, 0.6) is 0 Å². The maximum Gasteiger partial charge on any atom is 0.305 e. The van der Waals surface area contributed by atoms with Gasteiger partial charge in [0.05, 0.1) is 0 Å². The van der Waals surface area contributed by atoms with Gasteiger partial charge in [-0.15, -0.1) is 0 Å². The lowest BCUT2D eigenvalue weighted by Gasteiger charge is -2.14. The molecule has 0 aliphatic rings. The first-order chi connectivity index (χ1) is 7.24. The Labute approximate surface area is 93.7 Å². The van der Waals surface area contributed by atoms with Crippen molar-refractivity contribution in [3.63, 3.8) is 0 Å². The average molecular weight is 212 g/mol. The molecule has 0 heterocycles. The third-order valence-corrected chi connectivity index (χ3v) is 2.32. The van der Waals surface area contributed by atoms with Crippen LogP contribution in [0.1, 0.15) is 59.3 Å². The average Bonchev–Trinajstić information content (AvgIpc) is 2.26.